The summed E-state index contributed by atoms with van der Waals surface area (Å²) in [5.74, 6) is -2.78. The molecule has 1 N–H and O–H groups in total. The first-order chi connectivity index (χ1) is 14.1. The molecule has 0 aromatic carbocycles. The molecule has 0 aliphatic carbocycles. The first-order valence-corrected chi connectivity index (χ1v) is 9.00. The summed E-state index contributed by atoms with van der Waals surface area (Å²) in [6, 6.07) is 0. The maximum absolute atomic E-state index is 12.7. The summed E-state index contributed by atoms with van der Waals surface area (Å²) < 4.78 is 39.0. The van der Waals surface area contributed by atoms with Crippen molar-refractivity contribution in [2.24, 2.45) is 0 Å². The Morgan fingerprint density at radius 3 is 2.47 bits per heavy atom. The van der Waals surface area contributed by atoms with E-state index in [1.54, 1.807) is 18.2 Å². The van der Waals surface area contributed by atoms with Crippen molar-refractivity contribution in [2.45, 2.75) is 39.0 Å². The highest BCUT2D eigenvalue weighted by atomic mass is 19.4. The van der Waals surface area contributed by atoms with Crippen LogP contribution in [-0.4, -0.2) is 68.1 Å². The van der Waals surface area contributed by atoms with Crippen LogP contribution in [0.3, 0.4) is 0 Å². The number of hydrogen-bond donors (Lipinski definition) is 1. The summed E-state index contributed by atoms with van der Waals surface area (Å²) in [7, 11) is 1.67. The van der Waals surface area contributed by atoms with E-state index in [0.717, 1.165) is 23.5 Å². The molecule has 1 amide bonds. The van der Waals surface area contributed by atoms with Gasteiger partial charge in [-0.25, -0.2) is 9.78 Å². The van der Waals surface area contributed by atoms with Crippen LogP contribution in [0.1, 0.15) is 40.3 Å². The SMILES string of the molecule is CCn1cc2c(n1)C(COC)CN(C(=O)c1cnc(C)cn1)C2.O=C(O)C(F)(F)F. The Labute approximate surface area is 170 Å². The predicted molar refractivity (Wildman–Crippen MR) is 97.7 cm³/mol. The van der Waals surface area contributed by atoms with E-state index in [1.165, 1.54) is 6.20 Å². The number of carbonyl (C=O) groups excluding carboxylic acids is 1. The molecule has 1 unspecified atom stereocenters. The van der Waals surface area contributed by atoms with Gasteiger partial charge in [0.1, 0.15) is 5.69 Å². The van der Waals surface area contributed by atoms with Crippen LogP contribution in [0.25, 0.3) is 0 Å². The second kappa shape index (κ2) is 9.65. The number of fused-ring (bicyclic) bond motifs is 1. The average molecular weight is 429 g/mol. The van der Waals surface area contributed by atoms with Crippen LogP contribution >= 0.6 is 0 Å². The lowest BCUT2D eigenvalue weighted by molar-refractivity contribution is -0.192. The average Bonchev–Trinajstić information content (AvgIpc) is 3.11. The monoisotopic (exact) mass is 429 g/mol. The molecule has 12 heteroatoms. The fourth-order valence-electron chi connectivity index (χ4n) is 2.88. The van der Waals surface area contributed by atoms with Crippen molar-refractivity contribution in [1.29, 1.82) is 0 Å². The number of halogens is 3. The van der Waals surface area contributed by atoms with Crippen LogP contribution in [0.2, 0.25) is 0 Å². The molecule has 3 rings (SSSR count). The van der Waals surface area contributed by atoms with Gasteiger partial charge in [0.15, 0.2) is 0 Å². The Kier molecular flexibility index (Phi) is 7.48. The molecule has 1 aliphatic rings. The van der Waals surface area contributed by atoms with Gasteiger partial charge in [-0.1, -0.05) is 0 Å². The van der Waals surface area contributed by atoms with Gasteiger partial charge in [-0.05, 0) is 13.8 Å². The first kappa shape index (κ1) is 23.3. The quantitative estimate of drug-likeness (QED) is 0.792. The van der Waals surface area contributed by atoms with Crippen molar-refractivity contribution < 1.29 is 32.6 Å². The van der Waals surface area contributed by atoms with Crippen molar-refractivity contribution in [2.75, 3.05) is 20.3 Å². The van der Waals surface area contributed by atoms with Gasteiger partial charge in [0.05, 0.1) is 24.2 Å². The van der Waals surface area contributed by atoms with Gasteiger partial charge in [0.2, 0.25) is 0 Å². The summed E-state index contributed by atoms with van der Waals surface area (Å²) in [5, 5.41) is 11.7. The lowest BCUT2D eigenvalue weighted by atomic mass is 9.97. The number of rotatable bonds is 4. The number of nitrogens with zero attached hydrogens (tertiary/aromatic N) is 5. The maximum atomic E-state index is 12.7. The van der Waals surface area contributed by atoms with E-state index in [4.69, 9.17) is 14.6 Å². The van der Waals surface area contributed by atoms with E-state index < -0.39 is 12.1 Å². The maximum Gasteiger partial charge on any atom is 0.490 e. The van der Waals surface area contributed by atoms with Crippen molar-refractivity contribution in [3.05, 3.63) is 41.2 Å². The standard InChI is InChI=1S/C16H21N5O2.C2HF3O2/c1-4-21-9-12-7-20(8-13(10-23-3)15(12)19-21)16(22)14-6-17-11(2)5-18-14;3-2(4,5)1(6)7/h5-6,9,13H,4,7-8,10H2,1-3H3;(H,6,7). The minimum atomic E-state index is -5.08. The minimum absolute atomic E-state index is 0.0823. The van der Waals surface area contributed by atoms with E-state index >= 15 is 0 Å². The largest absolute Gasteiger partial charge is 0.490 e. The van der Waals surface area contributed by atoms with Gasteiger partial charge >= 0.3 is 12.1 Å². The number of aliphatic carboxylic acids is 1. The number of aromatic nitrogens is 4. The van der Waals surface area contributed by atoms with E-state index in [9.17, 15) is 18.0 Å². The Balaban J connectivity index is 0.000000396. The smallest absolute Gasteiger partial charge is 0.475 e. The van der Waals surface area contributed by atoms with E-state index in [2.05, 4.69) is 22.0 Å². The van der Waals surface area contributed by atoms with Crippen LogP contribution < -0.4 is 0 Å². The Morgan fingerprint density at radius 1 is 1.30 bits per heavy atom. The van der Waals surface area contributed by atoms with Gasteiger partial charge in [-0.15, -0.1) is 0 Å². The molecular formula is C18H22F3N5O4. The summed E-state index contributed by atoms with van der Waals surface area (Å²) in [6.07, 6.45) is 0.0799. The van der Waals surface area contributed by atoms with Gasteiger partial charge < -0.3 is 14.7 Å². The summed E-state index contributed by atoms with van der Waals surface area (Å²) >= 11 is 0. The van der Waals surface area contributed by atoms with Crippen LogP contribution in [0.5, 0.6) is 0 Å². The lowest BCUT2D eigenvalue weighted by Gasteiger charge is -2.31. The highest BCUT2D eigenvalue weighted by Gasteiger charge is 2.38. The number of aryl methyl sites for hydroxylation is 2. The number of carboxylic acids is 1. The zero-order valence-corrected chi connectivity index (χ0v) is 16.7. The zero-order chi connectivity index (χ0) is 22.5. The van der Waals surface area contributed by atoms with E-state index in [-0.39, 0.29) is 11.8 Å². The molecule has 30 heavy (non-hydrogen) atoms. The van der Waals surface area contributed by atoms with Crippen molar-refractivity contribution in [3.63, 3.8) is 0 Å². The number of amides is 1. The molecule has 1 aliphatic heterocycles. The van der Waals surface area contributed by atoms with E-state index in [0.29, 0.717) is 25.4 Å². The fourth-order valence-corrected chi connectivity index (χ4v) is 2.88. The first-order valence-electron chi connectivity index (χ1n) is 9.00. The molecule has 0 fully saturated rings. The predicted octanol–water partition coefficient (Wildman–Crippen LogP) is 2.02. The molecule has 0 saturated carbocycles. The number of alkyl halides is 3. The Morgan fingerprint density at radius 2 is 1.97 bits per heavy atom. The minimum Gasteiger partial charge on any atom is -0.475 e. The molecular weight excluding hydrogens is 407 g/mol. The van der Waals surface area contributed by atoms with Gasteiger partial charge in [-0.3, -0.25) is 14.5 Å². The second-order valence-corrected chi connectivity index (χ2v) is 6.58. The molecule has 0 spiro atoms. The third-order valence-corrected chi connectivity index (χ3v) is 4.28. The highest BCUT2D eigenvalue weighted by Crippen LogP contribution is 2.28. The third kappa shape index (κ3) is 5.75. The van der Waals surface area contributed by atoms with Crippen LogP contribution in [0, 0.1) is 6.92 Å². The molecule has 2 aromatic rings. The fraction of sp³-hybridized carbons (Fsp3) is 0.500. The second-order valence-electron chi connectivity index (χ2n) is 6.58. The van der Waals surface area contributed by atoms with Crippen LogP contribution in [-0.2, 0) is 22.6 Å². The van der Waals surface area contributed by atoms with Crippen molar-refractivity contribution in [1.82, 2.24) is 24.6 Å². The third-order valence-electron chi connectivity index (χ3n) is 4.28. The molecule has 3 heterocycles. The molecule has 164 valence electrons. The molecule has 0 radical (unpaired) electrons. The molecule has 1 atom stereocenters. The van der Waals surface area contributed by atoms with Crippen molar-refractivity contribution >= 4 is 11.9 Å². The number of ether oxygens (including phenoxy) is 1. The Bertz CT molecular complexity index is 883. The zero-order valence-electron chi connectivity index (χ0n) is 16.7. The number of methoxy groups -OCH3 is 1. The van der Waals surface area contributed by atoms with Crippen LogP contribution in [0.15, 0.2) is 18.6 Å². The van der Waals surface area contributed by atoms with Crippen molar-refractivity contribution in [3.8, 4) is 0 Å². The molecule has 2 aromatic heterocycles. The summed E-state index contributed by atoms with van der Waals surface area (Å²) in [4.78, 5) is 31.8. The summed E-state index contributed by atoms with van der Waals surface area (Å²) in [5.41, 5.74) is 3.28. The Hall–Kier alpha value is -3.02. The van der Waals surface area contributed by atoms with Gasteiger partial charge in [0.25, 0.3) is 5.91 Å². The molecule has 0 saturated heterocycles. The summed E-state index contributed by atoms with van der Waals surface area (Å²) in [6.45, 7) is 6.37. The van der Waals surface area contributed by atoms with Gasteiger partial charge in [0, 0.05) is 50.6 Å². The number of carbonyl (C=O) groups is 2. The van der Waals surface area contributed by atoms with Gasteiger partial charge in [-0.2, -0.15) is 18.3 Å². The molecule has 9 nitrogen and oxygen atoms in total. The molecule has 0 bridgehead atoms. The lowest BCUT2D eigenvalue weighted by Crippen LogP contribution is -2.39. The number of carboxylic acid groups (broad SMARTS) is 1. The topological polar surface area (TPSA) is 110 Å². The van der Waals surface area contributed by atoms with E-state index in [1.807, 2.05) is 17.8 Å². The number of hydrogen-bond acceptors (Lipinski definition) is 6. The normalized spacial score (nSPS) is 15.8. The van der Waals surface area contributed by atoms with Crippen LogP contribution in [0.4, 0.5) is 13.2 Å². The highest BCUT2D eigenvalue weighted by molar-refractivity contribution is 5.92.